The first kappa shape index (κ1) is 20.1. The molecule has 0 spiro atoms. The van der Waals surface area contributed by atoms with E-state index < -0.39 is 0 Å². The molecule has 142 valence electrons. The molecule has 1 aromatic carbocycles. The summed E-state index contributed by atoms with van der Waals surface area (Å²) in [6.45, 7) is 12.1. The minimum absolute atomic E-state index is 0.0393. The lowest BCUT2D eigenvalue weighted by Crippen LogP contribution is -2.29. The van der Waals surface area contributed by atoms with E-state index >= 15 is 0 Å². The van der Waals surface area contributed by atoms with Crippen LogP contribution in [-0.2, 0) is 16.7 Å². The highest BCUT2D eigenvalue weighted by molar-refractivity contribution is 14.1. The van der Waals surface area contributed by atoms with Crippen molar-refractivity contribution >= 4 is 34.2 Å². The van der Waals surface area contributed by atoms with Crippen LogP contribution in [0.2, 0.25) is 5.02 Å². The average Bonchev–Trinajstić information content (AvgIpc) is 2.79. The highest BCUT2D eigenvalue weighted by atomic mass is 127. The number of rotatable bonds is 3. The largest absolute Gasteiger partial charge is 0.372 e. The molecule has 0 aliphatic carbocycles. The predicted molar refractivity (Wildman–Crippen MR) is 115 cm³/mol. The summed E-state index contributed by atoms with van der Waals surface area (Å²) >= 11 is 8.49. The molecule has 4 nitrogen and oxygen atoms in total. The standard InChI is InChI=1S/C20H27ClIN3O/c1-13-9-18(20(2,3)4)24-25(13)12-15-11-23-7-8-26-19(15)14-5-6-16(21)17(22)10-14/h5-6,9-10,15,19,23H,7-8,11-12H2,1-4H3/t15-,19-/m0/s1. The zero-order valence-corrected chi connectivity index (χ0v) is 18.8. The molecular weight excluding hydrogens is 461 g/mol. The monoisotopic (exact) mass is 487 g/mol. The topological polar surface area (TPSA) is 39.1 Å². The van der Waals surface area contributed by atoms with Crippen LogP contribution >= 0.6 is 34.2 Å². The van der Waals surface area contributed by atoms with Gasteiger partial charge in [-0.1, -0.05) is 38.4 Å². The van der Waals surface area contributed by atoms with Crippen LogP contribution < -0.4 is 5.32 Å². The van der Waals surface area contributed by atoms with Gasteiger partial charge in [0.05, 0.1) is 23.4 Å². The van der Waals surface area contributed by atoms with Crippen molar-refractivity contribution in [1.29, 1.82) is 0 Å². The Morgan fingerprint density at radius 2 is 2.12 bits per heavy atom. The zero-order chi connectivity index (χ0) is 18.9. The van der Waals surface area contributed by atoms with Crippen LogP contribution in [0.1, 0.15) is 43.8 Å². The minimum atomic E-state index is 0.0393. The lowest BCUT2D eigenvalue weighted by Gasteiger charge is -2.26. The van der Waals surface area contributed by atoms with Crippen molar-refractivity contribution in [2.24, 2.45) is 5.92 Å². The van der Waals surface area contributed by atoms with Gasteiger partial charge in [0.15, 0.2) is 0 Å². The van der Waals surface area contributed by atoms with Gasteiger partial charge in [0.2, 0.25) is 0 Å². The van der Waals surface area contributed by atoms with Gasteiger partial charge in [0, 0.05) is 40.2 Å². The van der Waals surface area contributed by atoms with Gasteiger partial charge < -0.3 is 10.1 Å². The van der Waals surface area contributed by atoms with Gasteiger partial charge in [0.1, 0.15) is 0 Å². The molecule has 26 heavy (non-hydrogen) atoms. The molecule has 1 saturated heterocycles. The molecule has 0 bridgehead atoms. The Balaban J connectivity index is 1.88. The Bertz CT molecular complexity index is 769. The van der Waals surface area contributed by atoms with Crippen LogP contribution in [0.15, 0.2) is 24.3 Å². The second-order valence-electron chi connectivity index (χ2n) is 8.03. The maximum absolute atomic E-state index is 6.23. The van der Waals surface area contributed by atoms with Gasteiger partial charge in [-0.15, -0.1) is 0 Å². The number of benzene rings is 1. The average molecular weight is 488 g/mol. The molecule has 2 atom stereocenters. The number of halogens is 2. The van der Waals surface area contributed by atoms with E-state index in [9.17, 15) is 0 Å². The Morgan fingerprint density at radius 1 is 1.35 bits per heavy atom. The molecule has 1 aliphatic rings. The molecule has 0 amide bonds. The van der Waals surface area contributed by atoms with Crippen molar-refractivity contribution in [2.75, 3.05) is 19.7 Å². The Morgan fingerprint density at radius 3 is 2.77 bits per heavy atom. The molecule has 1 N–H and O–H groups in total. The number of aromatic nitrogens is 2. The van der Waals surface area contributed by atoms with E-state index in [1.54, 1.807) is 0 Å². The Labute approximate surface area is 174 Å². The third kappa shape index (κ3) is 4.61. The third-order valence-electron chi connectivity index (χ3n) is 4.84. The normalized spacial score (nSPS) is 21.6. The van der Waals surface area contributed by atoms with Gasteiger partial charge in [-0.25, -0.2) is 0 Å². The second-order valence-corrected chi connectivity index (χ2v) is 9.60. The molecule has 3 rings (SSSR count). The quantitative estimate of drug-likeness (QED) is 0.637. The van der Waals surface area contributed by atoms with Crippen molar-refractivity contribution in [3.8, 4) is 0 Å². The van der Waals surface area contributed by atoms with Crippen LogP contribution in [0.3, 0.4) is 0 Å². The van der Waals surface area contributed by atoms with Gasteiger partial charge in [-0.2, -0.15) is 5.10 Å². The van der Waals surface area contributed by atoms with Crippen LogP contribution in [0, 0.1) is 16.4 Å². The summed E-state index contributed by atoms with van der Waals surface area (Å²) < 4.78 is 9.43. The summed E-state index contributed by atoms with van der Waals surface area (Å²) in [4.78, 5) is 0. The number of hydrogen-bond acceptors (Lipinski definition) is 3. The zero-order valence-electron chi connectivity index (χ0n) is 15.9. The summed E-state index contributed by atoms with van der Waals surface area (Å²) in [5.74, 6) is 0.306. The SMILES string of the molecule is Cc1cc(C(C)(C)C)nn1C[C@@H]1CNCCO[C@H]1c1ccc(Cl)c(I)c1. The predicted octanol–water partition coefficient (Wildman–Crippen LogP) is 4.72. The van der Waals surface area contributed by atoms with E-state index in [1.165, 1.54) is 11.3 Å². The van der Waals surface area contributed by atoms with Crippen molar-refractivity contribution in [3.63, 3.8) is 0 Å². The highest BCUT2D eigenvalue weighted by Gasteiger charge is 2.28. The van der Waals surface area contributed by atoms with Gasteiger partial charge in [-0.3, -0.25) is 4.68 Å². The van der Waals surface area contributed by atoms with Crippen molar-refractivity contribution in [1.82, 2.24) is 15.1 Å². The molecule has 2 aromatic rings. The maximum Gasteiger partial charge on any atom is 0.0883 e. The smallest absolute Gasteiger partial charge is 0.0883 e. The molecule has 0 saturated carbocycles. The van der Waals surface area contributed by atoms with E-state index in [0.29, 0.717) is 12.5 Å². The van der Waals surface area contributed by atoms with Gasteiger partial charge in [0.25, 0.3) is 0 Å². The second kappa shape index (κ2) is 8.17. The fourth-order valence-corrected chi connectivity index (χ4v) is 3.95. The van der Waals surface area contributed by atoms with E-state index in [0.717, 1.165) is 33.9 Å². The summed E-state index contributed by atoms with van der Waals surface area (Å²) in [5.41, 5.74) is 3.58. The fraction of sp³-hybridized carbons (Fsp3) is 0.550. The summed E-state index contributed by atoms with van der Waals surface area (Å²) in [6.07, 6.45) is 0.0393. The van der Waals surface area contributed by atoms with Crippen molar-refractivity contribution in [3.05, 3.63) is 49.8 Å². The molecular formula is C20H27ClIN3O. The van der Waals surface area contributed by atoms with Crippen LogP contribution in [0.25, 0.3) is 0 Å². The highest BCUT2D eigenvalue weighted by Crippen LogP contribution is 2.32. The Kier molecular flexibility index (Phi) is 6.32. The number of hydrogen-bond donors (Lipinski definition) is 1. The van der Waals surface area contributed by atoms with Crippen LogP contribution in [-0.4, -0.2) is 29.5 Å². The van der Waals surface area contributed by atoms with Crippen molar-refractivity contribution in [2.45, 2.75) is 45.8 Å². The minimum Gasteiger partial charge on any atom is -0.372 e. The molecule has 2 heterocycles. The van der Waals surface area contributed by atoms with Gasteiger partial charge in [-0.05, 0) is 53.3 Å². The van der Waals surface area contributed by atoms with Gasteiger partial charge >= 0.3 is 0 Å². The number of aryl methyl sites for hydroxylation is 1. The number of nitrogens with zero attached hydrogens (tertiary/aromatic N) is 2. The van der Waals surface area contributed by atoms with Crippen LogP contribution in [0.4, 0.5) is 0 Å². The van der Waals surface area contributed by atoms with E-state index in [-0.39, 0.29) is 11.5 Å². The Hall–Kier alpha value is -0.630. The summed E-state index contributed by atoms with van der Waals surface area (Å²) in [5, 5.41) is 9.17. The molecule has 6 heteroatoms. The molecule has 1 aliphatic heterocycles. The molecule has 0 radical (unpaired) electrons. The lowest BCUT2D eigenvalue weighted by molar-refractivity contribution is 0.0240. The summed E-state index contributed by atoms with van der Waals surface area (Å²) in [6, 6.07) is 8.39. The molecule has 1 fully saturated rings. The summed E-state index contributed by atoms with van der Waals surface area (Å²) in [7, 11) is 0. The first-order chi connectivity index (χ1) is 12.3. The third-order valence-corrected chi connectivity index (χ3v) is 6.38. The van der Waals surface area contributed by atoms with E-state index in [1.807, 2.05) is 6.07 Å². The first-order valence-corrected chi connectivity index (χ1v) is 10.5. The van der Waals surface area contributed by atoms with E-state index in [2.05, 4.69) is 78.5 Å². The van der Waals surface area contributed by atoms with Crippen molar-refractivity contribution < 1.29 is 4.74 Å². The maximum atomic E-state index is 6.23. The molecule has 1 aromatic heterocycles. The fourth-order valence-electron chi connectivity index (χ4n) is 3.29. The lowest BCUT2D eigenvalue weighted by atomic mass is 9.92. The molecule has 0 unspecified atom stereocenters. The first-order valence-electron chi connectivity index (χ1n) is 9.08. The van der Waals surface area contributed by atoms with Crippen LogP contribution in [0.5, 0.6) is 0 Å². The van der Waals surface area contributed by atoms with E-state index in [4.69, 9.17) is 21.4 Å². The number of nitrogens with one attached hydrogen (secondary N) is 1. The number of ether oxygens (including phenoxy) is 1.